The van der Waals surface area contributed by atoms with Gasteiger partial charge in [0.2, 0.25) is 26.0 Å². The van der Waals surface area contributed by atoms with Crippen LogP contribution in [0.5, 0.6) is 5.75 Å². The number of ether oxygens (including phenoxy) is 1. The zero-order chi connectivity index (χ0) is 24.1. The third kappa shape index (κ3) is 6.06. The zero-order valence-corrected chi connectivity index (χ0v) is 20.5. The summed E-state index contributed by atoms with van der Waals surface area (Å²) in [6, 6.07) is 10.7. The molecule has 11 heteroatoms. The molecule has 0 aliphatic rings. The maximum absolute atomic E-state index is 12.8. The van der Waals surface area contributed by atoms with Crippen molar-refractivity contribution in [3.05, 3.63) is 53.6 Å². The predicted molar refractivity (Wildman–Crippen MR) is 121 cm³/mol. The molecule has 0 saturated carbocycles. The van der Waals surface area contributed by atoms with Crippen LogP contribution in [0.3, 0.4) is 0 Å². The molecule has 2 aromatic rings. The number of rotatable bonds is 10. The van der Waals surface area contributed by atoms with Crippen molar-refractivity contribution in [1.29, 1.82) is 0 Å². The molecule has 2 aromatic carbocycles. The first-order valence-electron chi connectivity index (χ1n) is 9.87. The lowest BCUT2D eigenvalue weighted by molar-refractivity contribution is -0.121. The molecule has 0 aliphatic heterocycles. The van der Waals surface area contributed by atoms with Gasteiger partial charge in [-0.2, -0.15) is 4.31 Å². The molecule has 0 spiro atoms. The number of hydrogen-bond donors (Lipinski definition) is 1. The van der Waals surface area contributed by atoms with E-state index in [-0.39, 0.29) is 22.9 Å². The summed E-state index contributed by atoms with van der Waals surface area (Å²) in [5.74, 6) is 0.125. The average Bonchev–Trinajstić information content (AvgIpc) is 2.73. The van der Waals surface area contributed by atoms with E-state index in [2.05, 4.69) is 5.32 Å². The number of benzene rings is 2. The zero-order valence-electron chi connectivity index (χ0n) is 18.8. The van der Waals surface area contributed by atoms with Gasteiger partial charge < -0.3 is 10.1 Å². The molecule has 0 heterocycles. The molecular formula is C21H29N3O6S2. The predicted octanol–water partition coefficient (Wildman–Crippen LogP) is 1.58. The number of carbonyl (C=O) groups excluding carboxylic acids is 1. The minimum absolute atomic E-state index is 0.0754. The Hall–Kier alpha value is -2.47. The van der Waals surface area contributed by atoms with Crippen LogP contribution in [-0.2, 0) is 31.4 Å². The van der Waals surface area contributed by atoms with Crippen molar-refractivity contribution in [1.82, 2.24) is 13.9 Å². The second kappa shape index (κ2) is 10.4. The molecule has 0 radical (unpaired) electrons. The Balaban J connectivity index is 2.00. The number of likely N-dealkylation sites (N-methyl/N-ethyl adjacent to an activating group) is 1. The molecular weight excluding hydrogens is 454 g/mol. The summed E-state index contributed by atoms with van der Waals surface area (Å²) in [7, 11) is -3.15. The van der Waals surface area contributed by atoms with E-state index >= 15 is 0 Å². The van der Waals surface area contributed by atoms with Crippen LogP contribution in [0.2, 0.25) is 0 Å². The molecule has 0 aromatic heterocycles. The summed E-state index contributed by atoms with van der Waals surface area (Å²) < 4.78 is 57.3. The van der Waals surface area contributed by atoms with Gasteiger partial charge in [0, 0.05) is 27.7 Å². The lowest BCUT2D eigenvalue weighted by Gasteiger charge is -2.18. The number of carbonyl (C=O) groups is 1. The Morgan fingerprint density at radius 3 is 2.06 bits per heavy atom. The highest BCUT2D eigenvalue weighted by molar-refractivity contribution is 7.89. The van der Waals surface area contributed by atoms with Crippen molar-refractivity contribution in [3.63, 3.8) is 0 Å². The van der Waals surface area contributed by atoms with Crippen LogP contribution in [0.15, 0.2) is 52.3 Å². The van der Waals surface area contributed by atoms with E-state index in [1.54, 1.807) is 25.1 Å². The monoisotopic (exact) mass is 483 g/mol. The maximum Gasteiger partial charge on any atom is 0.243 e. The minimum Gasteiger partial charge on any atom is -0.494 e. The number of aryl methyl sites for hydroxylation is 1. The van der Waals surface area contributed by atoms with Crippen molar-refractivity contribution in [2.75, 3.05) is 34.3 Å². The highest BCUT2D eigenvalue weighted by Gasteiger charge is 2.24. The number of sulfonamides is 2. The van der Waals surface area contributed by atoms with Gasteiger partial charge >= 0.3 is 0 Å². The molecule has 0 unspecified atom stereocenters. The van der Waals surface area contributed by atoms with Crippen LogP contribution in [-0.4, -0.2) is 65.6 Å². The number of hydrogen-bond acceptors (Lipinski definition) is 6. The van der Waals surface area contributed by atoms with Gasteiger partial charge in [0.15, 0.2) is 0 Å². The normalized spacial score (nSPS) is 12.2. The van der Waals surface area contributed by atoms with Crippen LogP contribution >= 0.6 is 0 Å². The quantitative estimate of drug-likeness (QED) is 0.549. The van der Waals surface area contributed by atoms with Crippen molar-refractivity contribution >= 4 is 26.0 Å². The molecule has 0 aliphatic carbocycles. The van der Waals surface area contributed by atoms with E-state index < -0.39 is 26.0 Å². The van der Waals surface area contributed by atoms with E-state index in [1.807, 2.05) is 6.92 Å². The summed E-state index contributed by atoms with van der Waals surface area (Å²) >= 11 is 0. The SMILES string of the molecule is CCOc1ccc(S(=O)(=O)N(C)CC(=O)NCc2ccc(S(=O)(=O)N(C)C)cc2)cc1C. The fourth-order valence-corrected chi connectivity index (χ4v) is 4.93. The molecule has 0 bridgehead atoms. The first-order valence-corrected chi connectivity index (χ1v) is 12.8. The standard InChI is InChI=1S/C21H29N3O6S2/c1-6-30-20-12-11-19(13-16(20)2)32(28,29)24(5)15-21(25)22-14-17-7-9-18(10-8-17)31(26,27)23(3)4/h7-13H,6,14-15H2,1-5H3,(H,22,25). The Morgan fingerprint density at radius 2 is 1.53 bits per heavy atom. The van der Waals surface area contributed by atoms with Crippen LogP contribution in [0.1, 0.15) is 18.1 Å². The Kier molecular flexibility index (Phi) is 8.41. The molecule has 0 atom stereocenters. The molecule has 1 N–H and O–H groups in total. The lowest BCUT2D eigenvalue weighted by Crippen LogP contribution is -2.38. The number of nitrogens with one attached hydrogen (secondary N) is 1. The molecule has 2 rings (SSSR count). The fourth-order valence-electron chi connectivity index (χ4n) is 2.81. The molecule has 32 heavy (non-hydrogen) atoms. The molecule has 176 valence electrons. The van der Waals surface area contributed by atoms with Gasteiger partial charge in [0.1, 0.15) is 5.75 Å². The van der Waals surface area contributed by atoms with E-state index in [0.717, 1.165) is 8.61 Å². The second-order valence-electron chi connectivity index (χ2n) is 7.33. The van der Waals surface area contributed by atoms with Gasteiger partial charge in [-0.1, -0.05) is 12.1 Å². The summed E-state index contributed by atoms with van der Waals surface area (Å²) in [6.07, 6.45) is 0. The largest absolute Gasteiger partial charge is 0.494 e. The van der Waals surface area contributed by atoms with Crippen molar-refractivity contribution in [2.24, 2.45) is 0 Å². The van der Waals surface area contributed by atoms with Crippen molar-refractivity contribution < 1.29 is 26.4 Å². The van der Waals surface area contributed by atoms with Gasteiger partial charge in [0.25, 0.3) is 0 Å². The Labute approximate surface area is 190 Å². The van der Waals surface area contributed by atoms with Crippen LogP contribution in [0.25, 0.3) is 0 Å². The Bertz CT molecular complexity index is 1160. The topological polar surface area (TPSA) is 113 Å². The summed E-state index contributed by atoms with van der Waals surface area (Å²) in [6.45, 7) is 3.85. The van der Waals surface area contributed by atoms with E-state index in [1.165, 1.54) is 45.4 Å². The summed E-state index contributed by atoms with van der Waals surface area (Å²) in [4.78, 5) is 12.5. The summed E-state index contributed by atoms with van der Waals surface area (Å²) in [5, 5.41) is 2.65. The molecule has 0 saturated heterocycles. The lowest BCUT2D eigenvalue weighted by atomic mass is 10.2. The van der Waals surface area contributed by atoms with Gasteiger partial charge in [-0.3, -0.25) is 4.79 Å². The highest BCUT2D eigenvalue weighted by atomic mass is 32.2. The van der Waals surface area contributed by atoms with Crippen LogP contribution < -0.4 is 10.1 Å². The van der Waals surface area contributed by atoms with Gasteiger partial charge in [-0.15, -0.1) is 0 Å². The highest BCUT2D eigenvalue weighted by Crippen LogP contribution is 2.23. The van der Waals surface area contributed by atoms with Gasteiger partial charge in [-0.05, 0) is 55.3 Å². The fraction of sp³-hybridized carbons (Fsp3) is 0.381. The second-order valence-corrected chi connectivity index (χ2v) is 11.5. The molecule has 0 fully saturated rings. The third-order valence-corrected chi connectivity index (χ3v) is 8.34. The number of nitrogens with zero attached hydrogens (tertiary/aromatic N) is 2. The van der Waals surface area contributed by atoms with Crippen LogP contribution in [0.4, 0.5) is 0 Å². The number of amides is 1. The maximum atomic E-state index is 12.8. The first kappa shape index (κ1) is 25.8. The van der Waals surface area contributed by atoms with Crippen molar-refractivity contribution in [3.8, 4) is 5.75 Å². The Morgan fingerprint density at radius 1 is 0.938 bits per heavy atom. The van der Waals surface area contributed by atoms with Gasteiger partial charge in [0.05, 0.1) is 22.9 Å². The smallest absolute Gasteiger partial charge is 0.243 e. The van der Waals surface area contributed by atoms with Gasteiger partial charge in [-0.25, -0.2) is 21.1 Å². The van der Waals surface area contributed by atoms with E-state index in [4.69, 9.17) is 4.74 Å². The first-order chi connectivity index (χ1) is 14.9. The molecule has 1 amide bonds. The van der Waals surface area contributed by atoms with Crippen molar-refractivity contribution in [2.45, 2.75) is 30.2 Å². The average molecular weight is 484 g/mol. The third-order valence-electron chi connectivity index (χ3n) is 4.71. The summed E-state index contributed by atoms with van der Waals surface area (Å²) in [5.41, 5.74) is 1.37. The van der Waals surface area contributed by atoms with E-state index in [9.17, 15) is 21.6 Å². The minimum atomic E-state index is -3.86. The molecule has 9 nitrogen and oxygen atoms in total. The van der Waals surface area contributed by atoms with Crippen LogP contribution in [0, 0.1) is 6.92 Å². The van der Waals surface area contributed by atoms with E-state index in [0.29, 0.717) is 23.5 Å².